The fraction of sp³-hybridized carbons (Fsp3) is 0.188. The van der Waals surface area contributed by atoms with Gasteiger partial charge >= 0.3 is 0 Å². The van der Waals surface area contributed by atoms with Gasteiger partial charge in [0.05, 0.1) is 0 Å². The zero-order valence-corrected chi connectivity index (χ0v) is 10.7. The molecular weight excluding hydrogens is 238 g/mol. The van der Waals surface area contributed by atoms with E-state index in [4.69, 9.17) is 4.74 Å². The van der Waals surface area contributed by atoms with Crippen LogP contribution in [-0.2, 0) is 9.53 Å². The van der Waals surface area contributed by atoms with Crippen LogP contribution in [0.2, 0.25) is 0 Å². The molecular formula is C16H15NO2. The van der Waals surface area contributed by atoms with Gasteiger partial charge in [0.15, 0.2) is 6.23 Å². The lowest BCUT2D eigenvalue weighted by Gasteiger charge is -2.23. The zero-order chi connectivity index (χ0) is 13.2. The van der Waals surface area contributed by atoms with Crippen LogP contribution in [0, 0.1) is 0 Å². The van der Waals surface area contributed by atoms with E-state index in [0.717, 1.165) is 11.3 Å². The Labute approximate surface area is 112 Å². The Balaban J connectivity index is 2.02. The minimum absolute atomic E-state index is 0.0000491. The van der Waals surface area contributed by atoms with E-state index in [0.29, 0.717) is 0 Å². The van der Waals surface area contributed by atoms with Crippen molar-refractivity contribution in [2.24, 2.45) is 0 Å². The van der Waals surface area contributed by atoms with Crippen LogP contribution in [0.3, 0.4) is 0 Å². The van der Waals surface area contributed by atoms with Gasteiger partial charge in [0.2, 0.25) is 0 Å². The number of para-hydroxylation sites is 1. The Morgan fingerprint density at radius 2 is 1.53 bits per heavy atom. The first-order valence-corrected chi connectivity index (χ1v) is 6.36. The molecule has 3 heteroatoms. The fourth-order valence-corrected chi connectivity index (χ4v) is 2.32. The number of rotatable bonds is 2. The molecule has 0 aliphatic carbocycles. The highest BCUT2D eigenvalue weighted by molar-refractivity contribution is 5.98. The Morgan fingerprint density at radius 3 is 2.16 bits per heavy atom. The second kappa shape index (κ2) is 4.86. The lowest BCUT2D eigenvalue weighted by Crippen LogP contribution is -2.30. The highest BCUT2D eigenvalue weighted by atomic mass is 16.5. The predicted octanol–water partition coefficient (Wildman–Crippen LogP) is 3.14. The first kappa shape index (κ1) is 11.9. The third-order valence-corrected chi connectivity index (χ3v) is 3.27. The standard InChI is InChI=1S/C16H15NO2/c1-12-15(18)17(14-10-6-3-7-11-14)16(19-12)13-8-4-2-5-9-13/h2-12,16H,1H3. The van der Waals surface area contributed by atoms with Crippen LogP contribution in [-0.4, -0.2) is 12.0 Å². The van der Waals surface area contributed by atoms with Gasteiger partial charge < -0.3 is 4.74 Å². The number of nitrogens with zero attached hydrogens (tertiary/aromatic N) is 1. The Morgan fingerprint density at radius 1 is 0.947 bits per heavy atom. The molecule has 2 atom stereocenters. The summed E-state index contributed by atoms with van der Waals surface area (Å²) in [6.45, 7) is 1.79. The largest absolute Gasteiger partial charge is 0.341 e. The lowest BCUT2D eigenvalue weighted by molar-refractivity contribution is -0.121. The Hall–Kier alpha value is -2.13. The summed E-state index contributed by atoms with van der Waals surface area (Å²) in [6, 6.07) is 19.5. The van der Waals surface area contributed by atoms with Crippen LogP contribution in [0.4, 0.5) is 5.69 Å². The highest BCUT2D eigenvalue weighted by Gasteiger charge is 2.39. The number of carbonyl (C=O) groups is 1. The molecule has 0 radical (unpaired) electrons. The molecule has 1 aliphatic heterocycles. The number of hydrogen-bond acceptors (Lipinski definition) is 2. The minimum atomic E-state index is -0.412. The van der Waals surface area contributed by atoms with E-state index in [2.05, 4.69) is 0 Å². The van der Waals surface area contributed by atoms with Crippen molar-refractivity contribution in [3.63, 3.8) is 0 Å². The normalized spacial score (nSPS) is 22.8. The van der Waals surface area contributed by atoms with E-state index in [1.54, 1.807) is 11.8 Å². The van der Waals surface area contributed by atoms with Gasteiger partial charge in [0, 0.05) is 11.3 Å². The van der Waals surface area contributed by atoms with Crippen molar-refractivity contribution in [3.05, 3.63) is 66.2 Å². The Kier molecular flexibility index (Phi) is 3.05. The molecule has 0 spiro atoms. The van der Waals surface area contributed by atoms with Gasteiger partial charge in [0.25, 0.3) is 5.91 Å². The van der Waals surface area contributed by atoms with Crippen LogP contribution in [0.1, 0.15) is 18.7 Å². The van der Waals surface area contributed by atoms with Crippen molar-refractivity contribution in [2.75, 3.05) is 4.90 Å². The summed E-state index contributed by atoms with van der Waals surface area (Å²) in [4.78, 5) is 14.0. The van der Waals surface area contributed by atoms with Gasteiger partial charge in [-0.1, -0.05) is 48.5 Å². The monoisotopic (exact) mass is 253 g/mol. The summed E-state index contributed by atoms with van der Waals surface area (Å²) in [5.41, 5.74) is 1.86. The van der Waals surface area contributed by atoms with Crippen LogP contribution in [0.25, 0.3) is 0 Å². The molecule has 1 saturated heterocycles. The first-order chi connectivity index (χ1) is 9.27. The van der Waals surface area contributed by atoms with E-state index in [1.165, 1.54) is 0 Å². The first-order valence-electron chi connectivity index (χ1n) is 6.36. The van der Waals surface area contributed by atoms with Crippen molar-refractivity contribution in [3.8, 4) is 0 Å². The number of anilines is 1. The molecule has 1 amide bonds. The summed E-state index contributed by atoms with van der Waals surface area (Å²) in [7, 11) is 0. The maximum atomic E-state index is 12.3. The van der Waals surface area contributed by atoms with Crippen molar-refractivity contribution in [1.29, 1.82) is 0 Å². The van der Waals surface area contributed by atoms with Crippen molar-refractivity contribution in [2.45, 2.75) is 19.3 Å². The van der Waals surface area contributed by atoms with Crippen LogP contribution in [0.15, 0.2) is 60.7 Å². The SMILES string of the molecule is CC1OC(c2ccccc2)N(c2ccccc2)C1=O. The predicted molar refractivity (Wildman–Crippen MR) is 73.7 cm³/mol. The van der Waals surface area contributed by atoms with Crippen LogP contribution >= 0.6 is 0 Å². The number of benzene rings is 2. The van der Waals surface area contributed by atoms with E-state index in [9.17, 15) is 4.79 Å². The molecule has 2 aromatic carbocycles. The summed E-state index contributed by atoms with van der Waals surface area (Å²) in [5.74, 6) is 0.0000491. The maximum Gasteiger partial charge on any atom is 0.258 e. The summed E-state index contributed by atoms with van der Waals surface area (Å²) in [6.07, 6.45) is -0.753. The third kappa shape index (κ3) is 2.13. The molecule has 1 fully saturated rings. The second-order valence-corrected chi connectivity index (χ2v) is 4.59. The van der Waals surface area contributed by atoms with Crippen LogP contribution < -0.4 is 4.90 Å². The van der Waals surface area contributed by atoms with Gasteiger partial charge in [-0.2, -0.15) is 0 Å². The van der Waals surface area contributed by atoms with Crippen molar-refractivity contribution >= 4 is 11.6 Å². The molecule has 2 unspecified atom stereocenters. The molecule has 96 valence electrons. The molecule has 0 bridgehead atoms. The summed E-state index contributed by atoms with van der Waals surface area (Å²) >= 11 is 0. The third-order valence-electron chi connectivity index (χ3n) is 3.27. The fourth-order valence-electron chi connectivity index (χ4n) is 2.32. The average molecular weight is 253 g/mol. The molecule has 0 N–H and O–H groups in total. The van der Waals surface area contributed by atoms with E-state index in [1.807, 2.05) is 60.7 Å². The molecule has 0 aromatic heterocycles. The molecule has 2 aromatic rings. The number of carbonyl (C=O) groups excluding carboxylic acids is 1. The zero-order valence-electron chi connectivity index (χ0n) is 10.7. The van der Waals surface area contributed by atoms with Crippen LogP contribution in [0.5, 0.6) is 0 Å². The smallest absolute Gasteiger partial charge is 0.258 e. The maximum absolute atomic E-state index is 12.3. The number of amides is 1. The molecule has 0 saturated carbocycles. The van der Waals surface area contributed by atoms with Gasteiger partial charge in [-0.15, -0.1) is 0 Å². The molecule has 19 heavy (non-hydrogen) atoms. The number of ether oxygens (including phenoxy) is 1. The van der Waals surface area contributed by atoms with Crippen molar-refractivity contribution < 1.29 is 9.53 Å². The summed E-state index contributed by atoms with van der Waals surface area (Å²) < 4.78 is 5.80. The Bertz CT molecular complexity index is 568. The minimum Gasteiger partial charge on any atom is -0.341 e. The molecule has 1 aliphatic rings. The van der Waals surface area contributed by atoms with E-state index in [-0.39, 0.29) is 12.1 Å². The second-order valence-electron chi connectivity index (χ2n) is 4.59. The molecule has 3 rings (SSSR count). The highest BCUT2D eigenvalue weighted by Crippen LogP contribution is 2.35. The van der Waals surface area contributed by atoms with Gasteiger partial charge in [-0.05, 0) is 19.1 Å². The topological polar surface area (TPSA) is 29.5 Å². The van der Waals surface area contributed by atoms with Gasteiger partial charge in [-0.3, -0.25) is 9.69 Å². The van der Waals surface area contributed by atoms with Crippen molar-refractivity contribution in [1.82, 2.24) is 0 Å². The van der Waals surface area contributed by atoms with E-state index < -0.39 is 6.10 Å². The van der Waals surface area contributed by atoms with Gasteiger partial charge in [-0.25, -0.2) is 0 Å². The van der Waals surface area contributed by atoms with E-state index >= 15 is 0 Å². The molecule has 3 nitrogen and oxygen atoms in total. The molecule has 1 heterocycles. The lowest BCUT2D eigenvalue weighted by atomic mass is 10.1. The number of hydrogen-bond donors (Lipinski definition) is 0. The summed E-state index contributed by atoms with van der Waals surface area (Å²) in [5, 5.41) is 0. The van der Waals surface area contributed by atoms with Gasteiger partial charge in [0.1, 0.15) is 6.10 Å². The average Bonchev–Trinajstić information content (AvgIpc) is 2.77. The quantitative estimate of drug-likeness (QED) is 0.823.